The summed E-state index contributed by atoms with van der Waals surface area (Å²) in [5.74, 6) is -0.856. The molecule has 1 unspecified atom stereocenters. The summed E-state index contributed by atoms with van der Waals surface area (Å²) in [6.45, 7) is 6.57. The zero-order valence-corrected chi connectivity index (χ0v) is 52.6. The van der Waals surface area contributed by atoms with Gasteiger partial charge in [0.15, 0.2) is 6.10 Å². The Morgan fingerprint density at radius 2 is 0.494 bits per heavy atom. The highest BCUT2D eigenvalue weighted by molar-refractivity contribution is 5.71. The van der Waals surface area contributed by atoms with Crippen molar-refractivity contribution < 1.29 is 28.6 Å². The van der Waals surface area contributed by atoms with Crippen molar-refractivity contribution in [3.05, 3.63) is 72.9 Å². The highest BCUT2D eigenvalue weighted by atomic mass is 16.6. The topological polar surface area (TPSA) is 78.9 Å². The van der Waals surface area contributed by atoms with E-state index in [4.69, 9.17) is 14.2 Å². The van der Waals surface area contributed by atoms with Crippen LogP contribution >= 0.6 is 0 Å². The van der Waals surface area contributed by atoms with E-state index in [9.17, 15) is 14.4 Å². The van der Waals surface area contributed by atoms with Crippen LogP contribution in [0.25, 0.3) is 0 Å². The number of unbranched alkanes of at least 4 members (excludes halogenated alkanes) is 40. The maximum atomic E-state index is 12.9. The predicted octanol–water partition coefficient (Wildman–Crippen LogP) is 23.7. The maximum absolute atomic E-state index is 12.9. The van der Waals surface area contributed by atoms with Crippen molar-refractivity contribution in [1.82, 2.24) is 0 Å². The average molecular weight is 1100 g/mol. The van der Waals surface area contributed by atoms with Gasteiger partial charge < -0.3 is 14.2 Å². The molecule has 0 saturated carbocycles. The van der Waals surface area contributed by atoms with E-state index in [0.717, 1.165) is 89.9 Å². The Morgan fingerprint density at radius 3 is 0.785 bits per heavy atom. The average Bonchev–Trinajstić information content (AvgIpc) is 3.45. The molecule has 0 amide bonds. The van der Waals surface area contributed by atoms with Crippen LogP contribution in [0, 0.1) is 0 Å². The predicted molar refractivity (Wildman–Crippen MR) is 344 cm³/mol. The summed E-state index contributed by atoms with van der Waals surface area (Å²) in [5.41, 5.74) is 0. The van der Waals surface area contributed by atoms with Crippen LogP contribution in [0.15, 0.2) is 72.9 Å². The Labute approximate surface area is 491 Å². The Kier molecular flexibility index (Phi) is 64.7. The van der Waals surface area contributed by atoms with Crippen LogP contribution in [-0.2, 0) is 28.6 Å². The van der Waals surface area contributed by atoms with Gasteiger partial charge in [0.1, 0.15) is 13.2 Å². The van der Waals surface area contributed by atoms with Gasteiger partial charge in [0.2, 0.25) is 0 Å². The van der Waals surface area contributed by atoms with Crippen LogP contribution in [0.1, 0.15) is 355 Å². The van der Waals surface area contributed by atoms with E-state index in [-0.39, 0.29) is 31.1 Å². The zero-order chi connectivity index (χ0) is 57.1. The first-order chi connectivity index (χ1) is 39.0. The number of ether oxygens (including phenoxy) is 3. The molecule has 0 rings (SSSR count). The molecule has 0 aliphatic rings. The standard InChI is InChI=1S/C73H130O6/c1-4-7-10-13-16-19-22-25-27-29-31-32-33-34-35-36-37-38-39-40-41-42-43-45-46-48-51-54-57-60-63-66-72(75)78-69-70(68-77-71(74)65-62-59-56-53-50-24-21-18-15-12-9-6-3)79-73(76)67-64-61-58-55-52-49-47-44-30-28-26-23-20-17-14-11-8-5-2/h7,10,16,19,25,27-28,30-32,34-35,70H,4-6,8-9,11-15,17-18,20-24,26,29,33,36-69H2,1-3H3/b10-7-,19-16-,27-25-,30-28-,32-31-,35-34-. The Balaban J connectivity index is 4.18. The zero-order valence-electron chi connectivity index (χ0n) is 52.6. The fourth-order valence-electron chi connectivity index (χ4n) is 10.1. The lowest BCUT2D eigenvalue weighted by Crippen LogP contribution is -2.30. The van der Waals surface area contributed by atoms with E-state index in [2.05, 4.69) is 93.7 Å². The minimum absolute atomic E-state index is 0.0715. The normalized spacial score (nSPS) is 12.5. The van der Waals surface area contributed by atoms with Crippen LogP contribution in [0.3, 0.4) is 0 Å². The van der Waals surface area contributed by atoms with Gasteiger partial charge in [-0.05, 0) is 89.9 Å². The van der Waals surface area contributed by atoms with E-state index >= 15 is 0 Å². The van der Waals surface area contributed by atoms with Gasteiger partial charge in [0, 0.05) is 19.3 Å². The van der Waals surface area contributed by atoms with Gasteiger partial charge in [0.05, 0.1) is 0 Å². The third-order valence-corrected chi connectivity index (χ3v) is 15.2. The van der Waals surface area contributed by atoms with E-state index in [1.807, 2.05) is 0 Å². The lowest BCUT2D eigenvalue weighted by molar-refractivity contribution is -0.167. The SMILES string of the molecule is CC/C=C\C/C=C\C/C=C\C/C=C\C/C=C\CCCCCCCCCCCCCCCCCC(=O)OCC(COC(=O)CCCCCCCCCCCCCC)OC(=O)CCCCCCCCC/C=C\CCCCCCCCC. The van der Waals surface area contributed by atoms with Crippen LogP contribution in [0.5, 0.6) is 0 Å². The van der Waals surface area contributed by atoms with Crippen LogP contribution in [-0.4, -0.2) is 37.2 Å². The van der Waals surface area contributed by atoms with E-state index in [1.165, 1.54) is 225 Å². The van der Waals surface area contributed by atoms with Gasteiger partial charge in [-0.1, -0.05) is 318 Å². The molecule has 1 atom stereocenters. The van der Waals surface area contributed by atoms with Crippen LogP contribution in [0.4, 0.5) is 0 Å². The summed E-state index contributed by atoms with van der Waals surface area (Å²) >= 11 is 0. The largest absolute Gasteiger partial charge is 0.462 e. The summed E-state index contributed by atoms with van der Waals surface area (Å²) in [4.78, 5) is 38.3. The van der Waals surface area contributed by atoms with Crippen molar-refractivity contribution in [2.45, 2.75) is 361 Å². The molecule has 0 N–H and O–H groups in total. The molecule has 0 aromatic heterocycles. The number of carbonyl (C=O) groups is 3. The van der Waals surface area contributed by atoms with Crippen molar-refractivity contribution in [3.8, 4) is 0 Å². The molecule has 0 fully saturated rings. The van der Waals surface area contributed by atoms with E-state index in [1.54, 1.807) is 0 Å². The minimum Gasteiger partial charge on any atom is -0.462 e. The highest BCUT2D eigenvalue weighted by Crippen LogP contribution is 2.17. The molecule has 0 aromatic carbocycles. The van der Waals surface area contributed by atoms with Crippen molar-refractivity contribution in [1.29, 1.82) is 0 Å². The molecule has 0 aliphatic carbocycles. The summed E-state index contributed by atoms with van der Waals surface area (Å²) in [5, 5.41) is 0. The van der Waals surface area contributed by atoms with Crippen molar-refractivity contribution in [3.63, 3.8) is 0 Å². The van der Waals surface area contributed by atoms with Gasteiger partial charge in [-0.3, -0.25) is 14.4 Å². The van der Waals surface area contributed by atoms with E-state index < -0.39 is 6.10 Å². The number of esters is 3. The van der Waals surface area contributed by atoms with Gasteiger partial charge >= 0.3 is 17.9 Å². The molecule has 0 heterocycles. The first-order valence-corrected chi connectivity index (χ1v) is 34.4. The van der Waals surface area contributed by atoms with Crippen molar-refractivity contribution >= 4 is 17.9 Å². The molecule has 0 aromatic rings. The first kappa shape index (κ1) is 75.8. The van der Waals surface area contributed by atoms with E-state index in [0.29, 0.717) is 19.3 Å². The third-order valence-electron chi connectivity index (χ3n) is 15.2. The van der Waals surface area contributed by atoms with Gasteiger partial charge in [-0.15, -0.1) is 0 Å². The Morgan fingerprint density at radius 1 is 0.266 bits per heavy atom. The lowest BCUT2D eigenvalue weighted by Gasteiger charge is -2.18. The molecule has 0 radical (unpaired) electrons. The molecule has 6 heteroatoms. The number of allylic oxidation sites excluding steroid dienone is 12. The molecular formula is C73H130O6. The first-order valence-electron chi connectivity index (χ1n) is 34.4. The monoisotopic (exact) mass is 1100 g/mol. The fourth-order valence-corrected chi connectivity index (χ4v) is 10.1. The number of rotatable bonds is 63. The molecular weight excluding hydrogens is 973 g/mol. The van der Waals surface area contributed by atoms with Gasteiger partial charge in [0.25, 0.3) is 0 Å². The summed E-state index contributed by atoms with van der Waals surface area (Å²) in [6, 6.07) is 0. The molecule has 0 bridgehead atoms. The summed E-state index contributed by atoms with van der Waals surface area (Å²) < 4.78 is 17.0. The summed E-state index contributed by atoms with van der Waals surface area (Å²) in [6.07, 6.45) is 87.8. The molecule has 79 heavy (non-hydrogen) atoms. The molecule has 6 nitrogen and oxygen atoms in total. The third kappa shape index (κ3) is 65.5. The Bertz CT molecular complexity index is 1450. The van der Waals surface area contributed by atoms with Gasteiger partial charge in [-0.2, -0.15) is 0 Å². The van der Waals surface area contributed by atoms with Crippen molar-refractivity contribution in [2.75, 3.05) is 13.2 Å². The second kappa shape index (κ2) is 67.4. The molecule has 458 valence electrons. The molecule has 0 saturated heterocycles. The second-order valence-corrected chi connectivity index (χ2v) is 23.1. The Hall–Kier alpha value is -3.15. The highest BCUT2D eigenvalue weighted by Gasteiger charge is 2.19. The smallest absolute Gasteiger partial charge is 0.306 e. The molecule has 0 aliphatic heterocycles. The molecule has 0 spiro atoms. The quantitative estimate of drug-likeness (QED) is 0.0261. The van der Waals surface area contributed by atoms with Gasteiger partial charge in [-0.25, -0.2) is 0 Å². The summed E-state index contributed by atoms with van der Waals surface area (Å²) in [7, 11) is 0. The maximum Gasteiger partial charge on any atom is 0.306 e. The number of carbonyl (C=O) groups excluding carboxylic acids is 3. The number of hydrogen-bond acceptors (Lipinski definition) is 6. The van der Waals surface area contributed by atoms with Crippen LogP contribution in [0.2, 0.25) is 0 Å². The van der Waals surface area contributed by atoms with Crippen molar-refractivity contribution in [2.24, 2.45) is 0 Å². The second-order valence-electron chi connectivity index (χ2n) is 23.1. The van der Waals surface area contributed by atoms with Crippen LogP contribution < -0.4 is 0 Å². The minimum atomic E-state index is -0.775. The fraction of sp³-hybridized carbons (Fsp3) is 0.795. The lowest BCUT2D eigenvalue weighted by atomic mass is 10.0. The number of hydrogen-bond donors (Lipinski definition) is 0.